The Labute approximate surface area is 125 Å². The predicted molar refractivity (Wildman–Crippen MR) is 80.7 cm³/mol. The normalized spacial score (nSPS) is 18.0. The van der Waals surface area contributed by atoms with Crippen molar-refractivity contribution in [3.63, 3.8) is 0 Å². The highest BCUT2D eigenvalue weighted by atomic mass is 32.2. The number of rotatable bonds is 6. The molecule has 0 amide bonds. The van der Waals surface area contributed by atoms with Crippen molar-refractivity contribution in [2.75, 3.05) is 39.3 Å². The first kappa shape index (κ1) is 16.4. The largest absolute Gasteiger partial charge is 0.300 e. The van der Waals surface area contributed by atoms with Crippen LogP contribution in [-0.2, 0) is 16.6 Å². The van der Waals surface area contributed by atoms with Crippen LogP contribution in [0, 0.1) is 5.82 Å². The Morgan fingerprint density at radius 2 is 1.76 bits per heavy atom. The van der Waals surface area contributed by atoms with Crippen LogP contribution in [0.15, 0.2) is 24.3 Å². The summed E-state index contributed by atoms with van der Waals surface area (Å²) in [6.07, 6.45) is 0.847. The SMILES string of the molecule is CCNS(=O)(=O)N1CCN(CCc2ccc(F)cc2)CC1. The summed E-state index contributed by atoms with van der Waals surface area (Å²) in [5, 5.41) is 0. The molecule has 5 nitrogen and oxygen atoms in total. The molecule has 1 saturated heterocycles. The minimum atomic E-state index is -3.31. The Kier molecular flexibility index (Phi) is 5.69. The van der Waals surface area contributed by atoms with Gasteiger partial charge in [0.2, 0.25) is 0 Å². The topological polar surface area (TPSA) is 52.7 Å². The minimum Gasteiger partial charge on any atom is -0.300 e. The van der Waals surface area contributed by atoms with Crippen molar-refractivity contribution in [2.45, 2.75) is 13.3 Å². The van der Waals surface area contributed by atoms with E-state index >= 15 is 0 Å². The van der Waals surface area contributed by atoms with Crippen LogP contribution in [0.4, 0.5) is 4.39 Å². The summed E-state index contributed by atoms with van der Waals surface area (Å²) in [4.78, 5) is 2.24. The molecule has 1 aliphatic rings. The molecule has 2 rings (SSSR count). The molecular formula is C14H22FN3O2S. The van der Waals surface area contributed by atoms with Crippen LogP contribution in [0.5, 0.6) is 0 Å². The van der Waals surface area contributed by atoms with E-state index in [1.807, 2.05) is 0 Å². The molecule has 0 radical (unpaired) electrons. The third kappa shape index (κ3) is 4.74. The zero-order chi connectivity index (χ0) is 15.3. The maximum absolute atomic E-state index is 12.8. The van der Waals surface area contributed by atoms with Crippen molar-refractivity contribution in [3.05, 3.63) is 35.6 Å². The lowest BCUT2D eigenvalue weighted by Gasteiger charge is -2.33. The van der Waals surface area contributed by atoms with Gasteiger partial charge in [-0.05, 0) is 24.1 Å². The van der Waals surface area contributed by atoms with Crippen LogP contribution in [0.2, 0.25) is 0 Å². The molecule has 0 saturated carbocycles. The van der Waals surface area contributed by atoms with E-state index in [0.29, 0.717) is 19.6 Å². The summed E-state index contributed by atoms with van der Waals surface area (Å²) in [7, 11) is -3.31. The highest BCUT2D eigenvalue weighted by molar-refractivity contribution is 7.87. The highest BCUT2D eigenvalue weighted by Crippen LogP contribution is 2.08. The number of halogens is 1. The Morgan fingerprint density at radius 3 is 2.33 bits per heavy atom. The van der Waals surface area contributed by atoms with Gasteiger partial charge in [-0.2, -0.15) is 12.7 Å². The number of piperazine rings is 1. The van der Waals surface area contributed by atoms with Gasteiger partial charge in [0.1, 0.15) is 5.82 Å². The summed E-state index contributed by atoms with van der Waals surface area (Å²) >= 11 is 0. The monoisotopic (exact) mass is 315 g/mol. The molecule has 0 aliphatic carbocycles. The van der Waals surface area contributed by atoms with Crippen molar-refractivity contribution >= 4 is 10.2 Å². The quantitative estimate of drug-likeness (QED) is 0.846. The molecular weight excluding hydrogens is 293 g/mol. The van der Waals surface area contributed by atoms with Gasteiger partial charge in [-0.3, -0.25) is 0 Å². The van der Waals surface area contributed by atoms with E-state index in [4.69, 9.17) is 0 Å². The third-order valence-electron chi connectivity index (χ3n) is 3.63. The predicted octanol–water partition coefficient (Wildman–Crippen LogP) is 0.840. The van der Waals surface area contributed by atoms with Crippen LogP contribution >= 0.6 is 0 Å². The molecule has 1 aliphatic heterocycles. The average molecular weight is 315 g/mol. The molecule has 1 heterocycles. The maximum Gasteiger partial charge on any atom is 0.279 e. The molecule has 1 aromatic carbocycles. The van der Waals surface area contributed by atoms with Gasteiger partial charge < -0.3 is 4.90 Å². The van der Waals surface area contributed by atoms with Crippen molar-refractivity contribution in [3.8, 4) is 0 Å². The first-order valence-electron chi connectivity index (χ1n) is 7.23. The van der Waals surface area contributed by atoms with Crippen molar-refractivity contribution < 1.29 is 12.8 Å². The van der Waals surface area contributed by atoms with Gasteiger partial charge in [0, 0.05) is 39.3 Å². The number of nitrogens with one attached hydrogen (secondary N) is 1. The van der Waals surface area contributed by atoms with E-state index in [-0.39, 0.29) is 5.82 Å². The fourth-order valence-corrected chi connectivity index (χ4v) is 3.60. The zero-order valence-electron chi connectivity index (χ0n) is 12.3. The summed E-state index contributed by atoms with van der Waals surface area (Å²) in [6, 6.07) is 6.52. The van der Waals surface area contributed by atoms with Gasteiger partial charge in [0.15, 0.2) is 0 Å². The summed E-state index contributed by atoms with van der Waals surface area (Å²) in [6.45, 7) is 5.53. The molecule has 21 heavy (non-hydrogen) atoms. The molecule has 1 fully saturated rings. The summed E-state index contributed by atoms with van der Waals surface area (Å²) in [5.41, 5.74) is 1.10. The molecule has 0 atom stereocenters. The van der Waals surface area contributed by atoms with Crippen LogP contribution in [-0.4, -0.2) is 56.9 Å². The fraction of sp³-hybridized carbons (Fsp3) is 0.571. The fourth-order valence-electron chi connectivity index (χ4n) is 2.41. The van der Waals surface area contributed by atoms with Gasteiger partial charge in [-0.25, -0.2) is 9.11 Å². The van der Waals surface area contributed by atoms with E-state index in [0.717, 1.165) is 31.6 Å². The number of hydrogen-bond acceptors (Lipinski definition) is 3. The second-order valence-corrected chi connectivity index (χ2v) is 6.88. The smallest absolute Gasteiger partial charge is 0.279 e. The molecule has 1 N–H and O–H groups in total. The standard InChI is InChI=1S/C14H22FN3O2S/c1-2-16-21(19,20)18-11-9-17(10-12-18)8-7-13-3-5-14(15)6-4-13/h3-6,16H,2,7-12H2,1H3. The minimum absolute atomic E-state index is 0.221. The van der Waals surface area contributed by atoms with Gasteiger partial charge in [-0.15, -0.1) is 0 Å². The Morgan fingerprint density at radius 1 is 1.14 bits per heavy atom. The first-order valence-corrected chi connectivity index (χ1v) is 8.67. The molecule has 1 aromatic rings. The van der Waals surface area contributed by atoms with E-state index in [1.54, 1.807) is 19.1 Å². The zero-order valence-corrected chi connectivity index (χ0v) is 13.1. The van der Waals surface area contributed by atoms with E-state index < -0.39 is 10.2 Å². The third-order valence-corrected chi connectivity index (χ3v) is 5.33. The second kappa shape index (κ2) is 7.31. The summed E-state index contributed by atoms with van der Waals surface area (Å²) in [5.74, 6) is -0.221. The summed E-state index contributed by atoms with van der Waals surface area (Å²) < 4.78 is 40.6. The van der Waals surface area contributed by atoms with Crippen molar-refractivity contribution in [1.82, 2.24) is 13.9 Å². The van der Waals surface area contributed by atoms with Crippen LogP contribution in [0.25, 0.3) is 0 Å². The molecule has 0 unspecified atom stereocenters. The lowest BCUT2D eigenvalue weighted by molar-refractivity contribution is 0.189. The Balaban J connectivity index is 1.78. The van der Waals surface area contributed by atoms with Crippen LogP contribution in [0.3, 0.4) is 0 Å². The molecule has 0 spiro atoms. The molecule has 118 valence electrons. The van der Waals surface area contributed by atoms with Crippen molar-refractivity contribution in [2.24, 2.45) is 0 Å². The van der Waals surface area contributed by atoms with E-state index in [1.165, 1.54) is 16.4 Å². The lowest BCUT2D eigenvalue weighted by Crippen LogP contribution is -2.52. The Hall–Kier alpha value is -1.02. The number of hydrogen-bond donors (Lipinski definition) is 1. The second-order valence-electron chi connectivity index (χ2n) is 5.12. The van der Waals surface area contributed by atoms with Gasteiger partial charge in [0.25, 0.3) is 10.2 Å². The highest BCUT2D eigenvalue weighted by Gasteiger charge is 2.25. The first-order chi connectivity index (χ1) is 10.0. The maximum atomic E-state index is 12.8. The number of benzene rings is 1. The lowest BCUT2D eigenvalue weighted by atomic mass is 10.1. The number of nitrogens with zero attached hydrogens (tertiary/aromatic N) is 2. The van der Waals surface area contributed by atoms with Crippen LogP contribution in [0.1, 0.15) is 12.5 Å². The van der Waals surface area contributed by atoms with Crippen LogP contribution < -0.4 is 4.72 Å². The van der Waals surface area contributed by atoms with Gasteiger partial charge in [0.05, 0.1) is 0 Å². The van der Waals surface area contributed by atoms with E-state index in [9.17, 15) is 12.8 Å². The Bertz CT molecular complexity index is 540. The molecule has 0 bridgehead atoms. The van der Waals surface area contributed by atoms with Crippen molar-refractivity contribution in [1.29, 1.82) is 0 Å². The molecule has 7 heteroatoms. The van der Waals surface area contributed by atoms with E-state index in [2.05, 4.69) is 9.62 Å². The average Bonchev–Trinajstić information content (AvgIpc) is 2.47. The molecule has 0 aromatic heterocycles. The van der Waals surface area contributed by atoms with Gasteiger partial charge >= 0.3 is 0 Å². The van der Waals surface area contributed by atoms with Gasteiger partial charge in [-0.1, -0.05) is 19.1 Å².